The van der Waals surface area contributed by atoms with Crippen LogP contribution in [0, 0.1) is 5.92 Å². The molecule has 0 rings (SSSR count). The van der Waals surface area contributed by atoms with Crippen molar-refractivity contribution in [2.24, 2.45) is 5.92 Å². The third-order valence-corrected chi connectivity index (χ3v) is 2.60. The maximum absolute atomic E-state index is 12.1. The topological polar surface area (TPSA) is 18.5 Å². The molecule has 0 amide bonds. The molecule has 0 radical (unpaired) electrons. The van der Waals surface area contributed by atoms with Gasteiger partial charge in [-0.2, -0.15) is 26.3 Å². The molecule has 0 aromatic carbocycles. The van der Waals surface area contributed by atoms with Crippen molar-refractivity contribution in [1.82, 2.24) is 0 Å². The van der Waals surface area contributed by atoms with Crippen molar-refractivity contribution in [3.63, 3.8) is 0 Å². The summed E-state index contributed by atoms with van der Waals surface area (Å²) >= 11 is 0. The van der Waals surface area contributed by atoms with Gasteiger partial charge >= 0.3 is 12.4 Å². The van der Waals surface area contributed by atoms with Crippen LogP contribution in [0.4, 0.5) is 26.3 Å². The molecule has 0 bridgehead atoms. The van der Waals surface area contributed by atoms with Gasteiger partial charge < -0.3 is 9.47 Å². The van der Waals surface area contributed by atoms with Crippen LogP contribution in [0.3, 0.4) is 0 Å². The van der Waals surface area contributed by atoms with Crippen LogP contribution in [0.25, 0.3) is 0 Å². The SMILES string of the molecule is C/C(=C/C(OCC(F)(F)F)OCC(F)(F)F)CCCC(C)C. The molecular formula is C14H22F6O2. The zero-order chi connectivity index (χ0) is 17.4. The van der Waals surface area contributed by atoms with Crippen LogP contribution < -0.4 is 0 Å². The van der Waals surface area contributed by atoms with Gasteiger partial charge in [0.25, 0.3) is 0 Å². The Morgan fingerprint density at radius 1 is 0.955 bits per heavy atom. The standard InChI is InChI=1S/C14H22F6O2/c1-10(2)5-4-6-11(3)7-12(21-8-13(15,16)17)22-9-14(18,19)20/h7,10,12H,4-6,8-9H2,1-3H3/b11-7-. The second-order valence-corrected chi connectivity index (χ2v) is 5.52. The van der Waals surface area contributed by atoms with Crippen molar-refractivity contribution < 1.29 is 35.8 Å². The van der Waals surface area contributed by atoms with E-state index < -0.39 is 31.9 Å². The Labute approximate surface area is 126 Å². The van der Waals surface area contributed by atoms with Crippen molar-refractivity contribution in [1.29, 1.82) is 0 Å². The van der Waals surface area contributed by atoms with Crippen molar-refractivity contribution in [2.45, 2.75) is 58.7 Å². The summed E-state index contributed by atoms with van der Waals surface area (Å²) in [5.74, 6) is 0.478. The molecule has 0 heterocycles. The van der Waals surface area contributed by atoms with E-state index in [1.54, 1.807) is 6.92 Å². The maximum atomic E-state index is 12.1. The van der Waals surface area contributed by atoms with Gasteiger partial charge in [-0.1, -0.05) is 25.8 Å². The van der Waals surface area contributed by atoms with Gasteiger partial charge in [0.2, 0.25) is 0 Å². The zero-order valence-corrected chi connectivity index (χ0v) is 12.9. The molecule has 0 unspecified atom stereocenters. The van der Waals surface area contributed by atoms with E-state index in [1.807, 2.05) is 13.8 Å². The van der Waals surface area contributed by atoms with E-state index in [4.69, 9.17) is 0 Å². The van der Waals surface area contributed by atoms with E-state index in [1.165, 1.54) is 0 Å². The largest absolute Gasteiger partial charge is 0.411 e. The highest BCUT2D eigenvalue weighted by Gasteiger charge is 2.32. The Morgan fingerprint density at radius 3 is 1.77 bits per heavy atom. The highest BCUT2D eigenvalue weighted by atomic mass is 19.4. The number of alkyl halides is 6. The molecule has 8 heteroatoms. The fourth-order valence-electron chi connectivity index (χ4n) is 1.60. The van der Waals surface area contributed by atoms with Gasteiger partial charge in [0, 0.05) is 0 Å². The van der Waals surface area contributed by atoms with Crippen LogP contribution in [0.15, 0.2) is 11.6 Å². The Hall–Kier alpha value is -0.760. The first-order chi connectivity index (χ1) is 9.89. The number of halogens is 6. The van der Waals surface area contributed by atoms with Crippen LogP contribution >= 0.6 is 0 Å². The number of hydrogen-bond acceptors (Lipinski definition) is 2. The van der Waals surface area contributed by atoms with E-state index in [0.29, 0.717) is 17.9 Å². The molecule has 0 atom stereocenters. The Bertz CT molecular complexity index is 315. The van der Waals surface area contributed by atoms with Gasteiger partial charge in [0.15, 0.2) is 6.29 Å². The molecule has 2 nitrogen and oxygen atoms in total. The summed E-state index contributed by atoms with van der Waals surface area (Å²) < 4.78 is 81.3. The van der Waals surface area contributed by atoms with Gasteiger partial charge in [0.1, 0.15) is 13.2 Å². The molecule has 0 N–H and O–H groups in total. The molecule has 0 spiro atoms. The normalized spacial score (nSPS) is 14.2. The molecular weight excluding hydrogens is 314 g/mol. The second-order valence-electron chi connectivity index (χ2n) is 5.52. The third-order valence-electron chi connectivity index (χ3n) is 2.60. The summed E-state index contributed by atoms with van der Waals surface area (Å²) in [5.41, 5.74) is 0.634. The zero-order valence-electron chi connectivity index (χ0n) is 12.9. The predicted octanol–water partition coefficient (Wildman–Crippen LogP) is 5.24. The minimum Gasteiger partial charge on any atom is -0.340 e. The number of rotatable bonds is 9. The van der Waals surface area contributed by atoms with E-state index in [-0.39, 0.29) is 0 Å². The molecule has 0 aromatic heterocycles. The van der Waals surface area contributed by atoms with E-state index in [2.05, 4.69) is 9.47 Å². The minimum absolute atomic E-state index is 0.478. The number of ether oxygens (including phenoxy) is 2. The Morgan fingerprint density at radius 2 is 1.41 bits per heavy atom. The molecule has 132 valence electrons. The highest BCUT2D eigenvalue weighted by molar-refractivity contribution is 5.00. The molecule has 0 fully saturated rings. The fraction of sp³-hybridized carbons (Fsp3) is 0.857. The van der Waals surface area contributed by atoms with Crippen LogP contribution in [-0.4, -0.2) is 31.9 Å². The lowest BCUT2D eigenvalue weighted by Gasteiger charge is -2.18. The smallest absolute Gasteiger partial charge is 0.340 e. The molecule has 0 aliphatic rings. The molecule has 0 aromatic rings. The Kier molecular flexibility index (Phi) is 9.07. The van der Waals surface area contributed by atoms with E-state index in [0.717, 1.165) is 18.9 Å². The first-order valence-corrected chi connectivity index (χ1v) is 6.93. The minimum atomic E-state index is -4.63. The second kappa shape index (κ2) is 9.39. The van der Waals surface area contributed by atoms with Crippen LogP contribution in [-0.2, 0) is 9.47 Å². The summed E-state index contributed by atoms with van der Waals surface area (Å²) in [6, 6.07) is 0. The van der Waals surface area contributed by atoms with Crippen LogP contribution in [0.2, 0.25) is 0 Å². The molecule has 0 saturated carbocycles. The molecule has 0 saturated heterocycles. The van der Waals surface area contributed by atoms with Crippen LogP contribution in [0.1, 0.15) is 40.0 Å². The Balaban J connectivity index is 4.54. The molecule has 22 heavy (non-hydrogen) atoms. The monoisotopic (exact) mass is 336 g/mol. The lowest BCUT2D eigenvalue weighted by atomic mass is 10.0. The number of allylic oxidation sites excluding steroid dienone is 1. The highest BCUT2D eigenvalue weighted by Crippen LogP contribution is 2.20. The van der Waals surface area contributed by atoms with Gasteiger partial charge in [-0.3, -0.25) is 0 Å². The van der Waals surface area contributed by atoms with Crippen molar-refractivity contribution >= 4 is 0 Å². The van der Waals surface area contributed by atoms with Crippen molar-refractivity contribution in [3.8, 4) is 0 Å². The van der Waals surface area contributed by atoms with Gasteiger partial charge in [0.05, 0.1) is 0 Å². The first-order valence-electron chi connectivity index (χ1n) is 6.93. The average molecular weight is 336 g/mol. The van der Waals surface area contributed by atoms with Crippen LogP contribution in [0.5, 0.6) is 0 Å². The van der Waals surface area contributed by atoms with Gasteiger partial charge in [-0.15, -0.1) is 0 Å². The predicted molar refractivity (Wildman–Crippen MR) is 70.2 cm³/mol. The number of hydrogen-bond donors (Lipinski definition) is 0. The summed E-state index contributed by atoms with van der Waals surface area (Å²) in [6.45, 7) is 2.36. The summed E-state index contributed by atoms with van der Waals surface area (Å²) in [6.07, 6.45) is -7.47. The maximum Gasteiger partial charge on any atom is 0.411 e. The van der Waals surface area contributed by atoms with E-state index >= 15 is 0 Å². The first kappa shape index (κ1) is 21.2. The fourth-order valence-corrected chi connectivity index (χ4v) is 1.60. The lowest BCUT2D eigenvalue weighted by Crippen LogP contribution is -2.28. The molecule has 0 aliphatic carbocycles. The summed E-state index contributed by atoms with van der Waals surface area (Å²) in [4.78, 5) is 0. The third kappa shape index (κ3) is 14.2. The van der Waals surface area contributed by atoms with Crippen molar-refractivity contribution in [2.75, 3.05) is 13.2 Å². The van der Waals surface area contributed by atoms with E-state index in [9.17, 15) is 26.3 Å². The quantitative estimate of drug-likeness (QED) is 0.325. The summed E-state index contributed by atoms with van der Waals surface area (Å²) in [7, 11) is 0. The van der Waals surface area contributed by atoms with Gasteiger partial charge in [-0.25, -0.2) is 0 Å². The lowest BCUT2D eigenvalue weighted by molar-refractivity contribution is -0.246. The van der Waals surface area contributed by atoms with Crippen molar-refractivity contribution in [3.05, 3.63) is 11.6 Å². The van der Waals surface area contributed by atoms with Gasteiger partial charge in [-0.05, 0) is 31.8 Å². The average Bonchev–Trinajstić information content (AvgIpc) is 2.30. The summed E-state index contributed by atoms with van der Waals surface area (Å²) in [5, 5.41) is 0. The molecule has 0 aliphatic heterocycles.